The fraction of sp³-hybridized carbons (Fsp3) is 0.412. The summed E-state index contributed by atoms with van der Waals surface area (Å²) in [7, 11) is 0. The molecule has 124 valence electrons. The molecule has 6 heteroatoms. The maximum atomic E-state index is 12.9. The van der Waals surface area contributed by atoms with Crippen LogP contribution < -0.4 is 5.32 Å². The highest BCUT2D eigenvalue weighted by atomic mass is 19.1. The smallest absolute Gasteiger partial charge is 0.273 e. The fourth-order valence-corrected chi connectivity index (χ4v) is 2.18. The number of nitrogens with zero attached hydrogens (tertiary/aromatic N) is 1. The molecule has 5 nitrogen and oxygen atoms in total. The van der Waals surface area contributed by atoms with Gasteiger partial charge in [-0.25, -0.2) is 4.39 Å². The molecule has 0 saturated carbocycles. The first-order chi connectivity index (χ1) is 10.9. The summed E-state index contributed by atoms with van der Waals surface area (Å²) >= 11 is 0. The van der Waals surface area contributed by atoms with Gasteiger partial charge in [0.05, 0.1) is 6.10 Å². The van der Waals surface area contributed by atoms with E-state index in [9.17, 15) is 14.3 Å². The third kappa shape index (κ3) is 4.63. The summed E-state index contributed by atoms with van der Waals surface area (Å²) in [5, 5.41) is 16.6. The molecule has 0 bridgehead atoms. The van der Waals surface area contributed by atoms with Crippen LogP contribution in [0.15, 0.2) is 34.9 Å². The monoisotopic (exact) mass is 320 g/mol. The molecule has 2 rings (SSSR count). The molecule has 2 aromatic rings. The molecule has 0 aliphatic heterocycles. The Labute approximate surface area is 134 Å². The number of carbonyl (C=O) groups is 1. The van der Waals surface area contributed by atoms with Gasteiger partial charge < -0.3 is 14.9 Å². The van der Waals surface area contributed by atoms with Gasteiger partial charge in [-0.1, -0.05) is 31.1 Å². The van der Waals surface area contributed by atoms with Crippen molar-refractivity contribution in [1.29, 1.82) is 0 Å². The van der Waals surface area contributed by atoms with Gasteiger partial charge >= 0.3 is 0 Å². The molecule has 2 N–H and O–H groups in total. The van der Waals surface area contributed by atoms with Gasteiger partial charge in [-0.05, 0) is 31.0 Å². The van der Waals surface area contributed by atoms with Crippen LogP contribution in [-0.2, 0) is 0 Å². The van der Waals surface area contributed by atoms with E-state index in [2.05, 4.69) is 10.5 Å². The number of rotatable bonds is 6. The molecular formula is C17H21FN2O3. The average Bonchev–Trinajstić information content (AvgIpc) is 2.97. The van der Waals surface area contributed by atoms with Gasteiger partial charge in [0.15, 0.2) is 5.69 Å². The predicted octanol–water partition coefficient (Wildman–Crippen LogP) is 3.18. The third-order valence-corrected chi connectivity index (χ3v) is 3.54. The molecular weight excluding hydrogens is 299 g/mol. The van der Waals surface area contributed by atoms with Crippen LogP contribution in [0.25, 0.3) is 0 Å². The lowest BCUT2D eigenvalue weighted by atomic mass is 10.0. The van der Waals surface area contributed by atoms with Crippen molar-refractivity contribution in [2.24, 2.45) is 0 Å². The third-order valence-electron chi connectivity index (χ3n) is 3.54. The molecule has 0 fully saturated rings. The molecule has 0 aliphatic rings. The summed E-state index contributed by atoms with van der Waals surface area (Å²) in [6.45, 7) is 5.68. The van der Waals surface area contributed by atoms with Crippen LogP contribution in [0, 0.1) is 5.82 Å². The van der Waals surface area contributed by atoms with Crippen LogP contribution in [0.5, 0.6) is 0 Å². The number of hydrogen-bond acceptors (Lipinski definition) is 4. The van der Waals surface area contributed by atoms with E-state index < -0.39 is 6.10 Å². The lowest BCUT2D eigenvalue weighted by Crippen LogP contribution is -2.34. The number of halogens is 1. The van der Waals surface area contributed by atoms with Gasteiger partial charge in [0, 0.05) is 18.0 Å². The van der Waals surface area contributed by atoms with Crippen LogP contribution >= 0.6 is 0 Å². The van der Waals surface area contributed by atoms with Gasteiger partial charge in [-0.15, -0.1) is 0 Å². The van der Waals surface area contributed by atoms with Crippen molar-refractivity contribution in [3.8, 4) is 0 Å². The highest BCUT2D eigenvalue weighted by molar-refractivity contribution is 5.92. The summed E-state index contributed by atoms with van der Waals surface area (Å²) in [6, 6.07) is 6.99. The molecule has 1 heterocycles. The van der Waals surface area contributed by atoms with Crippen molar-refractivity contribution < 1.29 is 18.8 Å². The first kappa shape index (κ1) is 17.1. The van der Waals surface area contributed by atoms with Crippen molar-refractivity contribution in [3.63, 3.8) is 0 Å². The Bertz CT molecular complexity index is 652. The number of amides is 1. The van der Waals surface area contributed by atoms with Crippen molar-refractivity contribution in [1.82, 2.24) is 10.5 Å². The number of benzene rings is 1. The molecule has 1 amide bonds. The highest BCUT2D eigenvalue weighted by Gasteiger charge is 2.18. The van der Waals surface area contributed by atoms with E-state index in [4.69, 9.17) is 4.52 Å². The van der Waals surface area contributed by atoms with E-state index in [0.717, 1.165) is 0 Å². The largest absolute Gasteiger partial charge is 0.388 e. The molecule has 2 unspecified atom stereocenters. The van der Waals surface area contributed by atoms with E-state index in [-0.39, 0.29) is 29.4 Å². The predicted molar refractivity (Wildman–Crippen MR) is 83.5 cm³/mol. The first-order valence-corrected chi connectivity index (χ1v) is 7.57. The van der Waals surface area contributed by atoms with Crippen LogP contribution in [0.3, 0.4) is 0 Å². The minimum Gasteiger partial charge on any atom is -0.388 e. The molecule has 0 radical (unpaired) electrons. The van der Waals surface area contributed by atoms with E-state index in [1.165, 1.54) is 24.3 Å². The second kappa shape index (κ2) is 7.37. The number of nitrogens with one attached hydrogen (secondary N) is 1. The molecule has 0 saturated heterocycles. The Morgan fingerprint density at radius 2 is 1.96 bits per heavy atom. The maximum Gasteiger partial charge on any atom is 0.273 e. The second-order valence-electron chi connectivity index (χ2n) is 5.95. The summed E-state index contributed by atoms with van der Waals surface area (Å²) in [4.78, 5) is 12.1. The average molecular weight is 320 g/mol. The van der Waals surface area contributed by atoms with Gasteiger partial charge in [0.25, 0.3) is 5.91 Å². The Balaban J connectivity index is 1.91. The Hall–Kier alpha value is -2.21. The highest BCUT2D eigenvalue weighted by Crippen LogP contribution is 2.19. The number of aliphatic hydroxyl groups is 1. The minimum atomic E-state index is -0.783. The lowest BCUT2D eigenvalue weighted by molar-refractivity contribution is 0.0908. The van der Waals surface area contributed by atoms with Crippen molar-refractivity contribution >= 4 is 5.91 Å². The minimum absolute atomic E-state index is 0.154. The summed E-state index contributed by atoms with van der Waals surface area (Å²) in [5.74, 6) is 0.102. The summed E-state index contributed by atoms with van der Waals surface area (Å²) < 4.78 is 18.0. The lowest BCUT2D eigenvalue weighted by Gasteiger charge is -2.17. The van der Waals surface area contributed by atoms with Gasteiger partial charge in [0.2, 0.25) is 0 Å². The summed E-state index contributed by atoms with van der Waals surface area (Å²) in [6.07, 6.45) is -0.471. The zero-order valence-electron chi connectivity index (χ0n) is 13.4. The molecule has 0 spiro atoms. The van der Waals surface area contributed by atoms with Crippen molar-refractivity contribution in [2.45, 2.75) is 45.3 Å². The summed E-state index contributed by atoms with van der Waals surface area (Å²) in [5.41, 5.74) is 0.827. The van der Waals surface area contributed by atoms with E-state index in [0.29, 0.717) is 17.7 Å². The van der Waals surface area contributed by atoms with E-state index >= 15 is 0 Å². The number of aliphatic hydroxyl groups excluding tert-OH is 1. The molecule has 0 aliphatic carbocycles. The quantitative estimate of drug-likeness (QED) is 0.857. The normalized spacial score (nSPS) is 13.8. The SMILES string of the molecule is CC(CC(O)c1ccc(F)cc1)NC(=O)c1cc(C(C)C)on1. The fourth-order valence-electron chi connectivity index (χ4n) is 2.18. The van der Waals surface area contributed by atoms with Gasteiger partial charge in [-0.2, -0.15) is 0 Å². The van der Waals surface area contributed by atoms with E-state index in [1.54, 1.807) is 13.0 Å². The molecule has 1 aromatic carbocycles. The topological polar surface area (TPSA) is 75.4 Å². The maximum absolute atomic E-state index is 12.9. The van der Waals surface area contributed by atoms with Gasteiger partial charge in [-0.3, -0.25) is 4.79 Å². The Morgan fingerprint density at radius 1 is 1.30 bits per heavy atom. The van der Waals surface area contributed by atoms with Crippen LogP contribution in [0.2, 0.25) is 0 Å². The second-order valence-corrected chi connectivity index (χ2v) is 5.95. The standard InChI is InChI=1S/C17H21FN2O3/c1-10(2)16-9-14(20-23-16)17(22)19-11(3)8-15(21)12-4-6-13(18)7-5-12/h4-7,9-11,15,21H,8H2,1-3H3,(H,19,22). The zero-order chi connectivity index (χ0) is 17.0. The van der Waals surface area contributed by atoms with Crippen molar-refractivity contribution in [2.75, 3.05) is 0 Å². The number of hydrogen-bond donors (Lipinski definition) is 2. The molecule has 2 atom stereocenters. The molecule has 23 heavy (non-hydrogen) atoms. The van der Waals surface area contributed by atoms with Crippen LogP contribution in [0.1, 0.15) is 61.0 Å². The first-order valence-electron chi connectivity index (χ1n) is 7.57. The van der Waals surface area contributed by atoms with E-state index in [1.807, 2.05) is 13.8 Å². The zero-order valence-corrected chi connectivity index (χ0v) is 13.4. The molecule has 1 aromatic heterocycles. The van der Waals surface area contributed by atoms with Gasteiger partial charge in [0.1, 0.15) is 11.6 Å². The number of carbonyl (C=O) groups excluding carboxylic acids is 1. The van der Waals surface area contributed by atoms with Crippen molar-refractivity contribution in [3.05, 3.63) is 53.2 Å². The van der Waals surface area contributed by atoms with Crippen LogP contribution in [-0.4, -0.2) is 22.2 Å². The Kier molecular flexibility index (Phi) is 5.50. The Morgan fingerprint density at radius 3 is 2.52 bits per heavy atom. The number of aromatic nitrogens is 1. The van der Waals surface area contributed by atoms with Crippen LogP contribution in [0.4, 0.5) is 4.39 Å².